The third-order valence-corrected chi connectivity index (χ3v) is 4.21. The quantitative estimate of drug-likeness (QED) is 0.796. The van der Waals surface area contributed by atoms with Gasteiger partial charge in [-0.2, -0.15) is 5.10 Å². The van der Waals surface area contributed by atoms with Crippen LogP contribution >= 0.6 is 0 Å². The first-order valence-electron chi connectivity index (χ1n) is 8.50. The molecule has 7 nitrogen and oxygen atoms in total. The minimum Gasteiger partial charge on any atom is -0.366 e. The molecule has 0 radical (unpaired) electrons. The maximum atomic E-state index is 12.1. The molecule has 1 saturated heterocycles. The Balaban J connectivity index is 1.52. The van der Waals surface area contributed by atoms with Crippen LogP contribution in [0.2, 0.25) is 0 Å². The Bertz CT molecular complexity index is 537. The van der Waals surface area contributed by atoms with E-state index in [1.54, 1.807) is 0 Å². The van der Waals surface area contributed by atoms with E-state index in [1.165, 1.54) is 5.69 Å². The van der Waals surface area contributed by atoms with Crippen LogP contribution in [0.3, 0.4) is 0 Å². The summed E-state index contributed by atoms with van der Waals surface area (Å²) >= 11 is 0. The van der Waals surface area contributed by atoms with Gasteiger partial charge in [0.2, 0.25) is 0 Å². The van der Waals surface area contributed by atoms with Gasteiger partial charge in [-0.3, -0.25) is 14.4 Å². The summed E-state index contributed by atoms with van der Waals surface area (Å²) in [4.78, 5) is 14.5. The van der Waals surface area contributed by atoms with Crippen molar-refractivity contribution in [2.45, 2.75) is 39.6 Å². The molecule has 1 aromatic heterocycles. The molecule has 1 aromatic rings. The van der Waals surface area contributed by atoms with E-state index in [-0.39, 0.29) is 12.0 Å². The van der Waals surface area contributed by atoms with Crippen LogP contribution in [0.25, 0.3) is 0 Å². The first kappa shape index (κ1) is 16.4. The predicted octanol–water partition coefficient (Wildman–Crippen LogP) is -0.0407. The lowest BCUT2D eigenvalue weighted by Gasteiger charge is -2.28. The molecule has 7 heteroatoms. The number of amides is 1. The summed E-state index contributed by atoms with van der Waals surface area (Å²) in [6, 6.07) is 2.10. The van der Waals surface area contributed by atoms with Gasteiger partial charge in [-0.15, -0.1) is 0 Å². The number of carbonyl (C=O) groups excluding carboxylic acids is 1. The number of fused-ring (bicyclic) bond motifs is 1. The number of ether oxygens (including phenoxy) is 1. The second kappa shape index (κ2) is 7.42. The molecule has 0 aliphatic carbocycles. The van der Waals surface area contributed by atoms with Gasteiger partial charge in [0, 0.05) is 32.7 Å². The lowest BCUT2D eigenvalue weighted by atomic mass is 10.2. The van der Waals surface area contributed by atoms with Crippen molar-refractivity contribution < 1.29 is 9.53 Å². The van der Waals surface area contributed by atoms with Crippen LogP contribution in [0, 0.1) is 5.92 Å². The number of carbonyl (C=O) groups is 1. The molecule has 0 spiro atoms. The van der Waals surface area contributed by atoms with Gasteiger partial charge in [0.1, 0.15) is 6.10 Å². The van der Waals surface area contributed by atoms with Gasteiger partial charge in [0.05, 0.1) is 31.1 Å². The average molecular weight is 321 g/mol. The molecule has 2 aliphatic rings. The number of hydrogen-bond donors (Lipinski definition) is 2. The summed E-state index contributed by atoms with van der Waals surface area (Å²) < 4.78 is 7.52. The van der Waals surface area contributed by atoms with E-state index in [9.17, 15) is 4.79 Å². The molecule has 2 aliphatic heterocycles. The first-order chi connectivity index (χ1) is 11.1. The predicted molar refractivity (Wildman–Crippen MR) is 86.8 cm³/mol. The summed E-state index contributed by atoms with van der Waals surface area (Å²) in [5.74, 6) is 0.608. The van der Waals surface area contributed by atoms with E-state index in [1.807, 2.05) is 0 Å². The smallest absolute Gasteiger partial charge is 0.250 e. The molecular weight excluding hydrogens is 294 g/mol. The van der Waals surface area contributed by atoms with Crippen LogP contribution in [-0.2, 0) is 29.2 Å². The van der Waals surface area contributed by atoms with Gasteiger partial charge < -0.3 is 15.4 Å². The van der Waals surface area contributed by atoms with Crippen molar-refractivity contribution in [2.75, 3.05) is 32.8 Å². The summed E-state index contributed by atoms with van der Waals surface area (Å²) in [6.45, 7) is 10.9. The number of nitrogens with zero attached hydrogens (tertiary/aromatic N) is 3. The molecule has 0 bridgehead atoms. The fourth-order valence-electron chi connectivity index (χ4n) is 3.16. The molecule has 1 fully saturated rings. The van der Waals surface area contributed by atoms with Gasteiger partial charge in [0.15, 0.2) is 0 Å². The minimum absolute atomic E-state index is 0.0652. The van der Waals surface area contributed by atoms with Gasteiger partial charge in [-0.25, -0.2) is 0 Å². The number of hydrogen-bond acceptors (Lipinski definition) is 5. The van der Waals surface area contributed by atoms with E-state index in [4.69, 9.17) is 4.74 Å². The Labute approximate surface area is 137 Å². The van der Waals surface area contributed by atoms with E-state index < -0.39 is 0 Å². The van der Waals surface area contributed by atoms with Crippen LogP contribution in [-0.4, -0.2) is 59.5 Å². The average Bonchev–Trinajstić information content (AvgIpc) is 2.95. The van der Waals surface area contributed by atoms with E-state index in [2.05, 4.69) is 45.2 Å². The van der Waals surface area contributed by atoms with Gasteiger partial charge in [-0.1, -0.05) is 13.8 Å². The largest absolute Gasteiger partial charge is 0.366 e. The van der Waals surface area contributed by atoms with Crippen molar-refractivity contribution >= 4 is 5.91 Å². The van der Waals surface area contributed by atoms with Crippen LogP contribution < -0.4 is 10.6 Å². The molecular formula is C16H27N5O2. The molecule has 1 amide bonds. The number of rotatable bonds is 5. The lowest BCUT2D eigenvalue weighted by Crippen LogP contribution is -2.47. The highest BCUT2D eigenvalue weighted by molar-refractivity contribution is 5.81. The summed E-state index contributed by atoms with van der Waals surface area (Å²) in [6.07, 6.45) is -0.387. The molecule has 1 atom stereocenters. The number of nitrogens with one attached hydrogen (secondary N) is 2. The molecule has 0 aromatic carbocycles. The molecule has 3 rings (SSSR count). The van der Waals surface area contributed by atoms with Crippen molar-refractivity contribution in [1.82, 2.24) is 25.3 Å². The highest BCUT2D eigenvalue weighted by Crippen LogP contribution is 2.15. The zero-order valence-corrected chi connectivity index (χ0v) is 14.0. The van der Waals surface area contributed by atoms with Crippen LogP contribution in [0.5, 0.6) is 0 Å². The highest BCUT2D eigenvalue weighted by Gasteiger charge is 2.22. The summed E-state index contributed by atoms with van der Waals surface area (Å²) in [5.41, 5.74) is 2.15. The summed E-state index contributed by atoms with van der Waals surface area (Å²) in [5, 5.41) is 10.7. The Hall–Kier alpha value is -1.44. The Morgan fingerprint density at radius 3 is 3.13 bits per heavy atom. The van der Waals surface area contributed by atoms with E-state index >= 15 is 0 Å². The van der Waals surface area contributed by atoms with Crippen molar-refractivity contribution in [3.05, 3.63) is 17.5 Å². The third kappa shape index (κ3) is 4.31. The van der Waals surface area contributed by atoms with Gasteiger partial charge >= 0.3 is 0 Å². The fraction of sp³-hybridized carbons (Fsp3) is 0.750. The fourth-order valence-corrected chi connectivity index (χ4v) is 3.16. The minimum atomic E-state index is -0.387. The standard InChI is InChI=1S/C16H27N5O2/c1-12(2)10-20-4-5-21-14(11-20)7-13(19-21)8-18-16(22)15-9-17-3-6-23-15/h7,12,15,17H,3-6,8-11H2,1-2H3,(H,18,22)/t15-/m1/s1. The van der Waals surface area contributed by atoms with E-state index in [0.29, 0.717) is 25.6 Å². The first-order valence-corrected chi connectivity index (χ1v) is 8.50. The monoisotopic (exact) mass is 321 g/mol. The van der Waals surface area contributed by atoms with Crippen molar-refractivity contribution in [3.8, 4) is 0 Å². The molecule has 128 valence electrons. The number of aromatic nitrogens is 2. The van der Waals surface area contributed by atoms with Crippen molar-refractivity contribution in [1.29, 1.82) is 0 Å². The van der Waals surface area contributed by atoms with E-state index in [0.717, 1.165) is 38.4 Å². The number of morpholine rings is 1. The van der Waals surface area contributed by atoms with Crippen LogP contribution in [0.4, 0.5) is 0 Å². The highest BCUT2D eigenvalue weighted by atomic mass is 16.5. The van der Waals surface area contributed by atoms with Crippen molar-refractivity contribution in [2.24, 2.45) is 5.92 Å². The maximum Gasteiger partial charge on any atom is 0.250 e. The normalized spacial score (nSPS) is 22.1. The van der Waals surface area contributed by atoms with Crippen LogP contribution in [0.1, 0.15) is 25.2 Å². The zero-order chi connectivity index (χ0) is 16.2. The Morgan fingerprint density at radius 2 is 2.39 bits per heavy atom. The maximum absolute atomic E-state index is 12.1. The SMILES string of the molecule is CC(C)CN1CCn2nc(CNC(=O)[C@H]3CNCCO3)cc2C1. The molecule has 0 saturated carbocycles. The second-order valence-electron chi connectivity index (χ2n) is 6.76. The zero-order valence-electron chi connectivity index (χ0n) is 14.0. The van der Waals surface area contributed by atoms with Crippen LogP contribution in [0.15, 0.2) is 6.07 Å². The lowest BCUT2D eigenvalue weighted by molar-refractivity contribution is -0.134. The van der Waals surface area contributed by atoms with Crippen molar-refractivity contribution in [3.63, 3.8) is 0 Å². The summed E-state index contributed by atoms with van der Waals surface area (Å²) in [7, 11) is 0. The Kier molecular flexibility index (Phi) is 5.30. The third-order valence-electron chi connectivity index (χ3n) is 4.21. The van der Waals surface area contributed by atoms with Gasteiger partial charge in [-0.05, 0) is 12.0 Å². The topological polar surface area (TPSA) is 71.4 Å². The molecule has 3 heterocycles. The van der Waals surface area contributed by atoms with Gasteiger partial charge in [0.25, 0.3) is 5.91 Å². The molecule has 23 heavy (non-hydrogen) atoms. The molecule has 2 N–H and O–H groups in total. The second-order valence-corrected chi connectivity index (χ2v) is 6.76. The Morgan fingerprint density at radius 1 is 1.52 bits per heavy atom. The molecule has 0 unspecified atom stereocenters.